The molecule has 2 rings (SSSR count). The second-order valence-electron chi connectivity index (χ2n) is 4.13. The lowest BCUT2D eigenvalue weighted by molar-refractivity contribution is 0.0691. The Labute approximate surface area is 108 Å². The Kier molecular flexibility index (Phi) is 3.57. The molecule has 0 fully saturated rings. The highest BCUT2D eigenvalue weighted by Crippen LogP contribution is 2.23. The van der Waals surface area contributed by atoms with Crippen molar-refractivity contribution in [3.63, 3.8) is 0 Å². The van der Waals surface area contributed by atoms with E-state index in [0.717, 1.165) is 0 Å². The largest absolute Gasteiger partial charge is 0.476 e. The smallest absolute Gasteiger partial charge is 0.358 e. The maximum absolute atomic E-state index is 12.9. The average molecular weight is 265 g/mol. The predicted octanol–water partition coefficient (Wildman–Crippen LogP) is 1.16. The minimum Gasteiger partial charge on any atom is -0.476 e. The summed E-state index contributed by atoms with van der Waals surface area (Å²) in [5, 5.41) is 25.7. The van der Waals surface area contributed by atoms with E-state index in [1.54, 1.807) is 6.92 Å². The van der Waals surface area contributed by atoms with E-state index in [-0.39, 0.29) is 17.9 Å². The molecule has 0 radical (unpaired) electrons. The van der Waals surface area contributed by atoms with Crippen LogP contribution in [0.3, 0.4) is 0 Å². The van der Waals surface area contributed by atoms with E-state index in [1.807, 2.05) is 0 Å². The summed E-state index contributed by atoms with van der Waals surface area (Å²) in [6.45, 7) is 1.66. The van der Waals surface area contributed by atoms with Gasteiger partial charge in [-0.3, -0.25) is 0 Å². The molecule has 1 unspecified atom stereocenters. The minimum absolute atomic E-state index is 0.104. The summed E-state index contributed by atoms with van der Waals surface area (Å²) < 4.78 is 14.2. The van der Waals surface area contributed by atoms with E-state index in [9.17, 15) is 14.3 Å². The van der Waals surface area contributed by atoms with Crippen LogP contribution >= 0.6 is 0 Å². The Bertz CT molecular complexity index is 593. The Morgan fingerprint density at radius 3 is 2.58 bits per heavy atom. The highest BCUT2D eigenvalue weighted by atomic mass is 19.1. The van der Waals surface area contributed by atoms with Gasteiger partial charge in [-0.15, -0.1) is 5.10 Å². The normalized spacial score (nSPS) is 12.4. The number of carboxylic acids is 1. The second-order valence-corrected chi connectivity index (χ2v) is 4.13. The summed E-state index contributed by atoms with van der Waals surface area (Å²) in [5.74, 6) is -1.65. The summed E-state index contributed by atoms with van der Waals surface area (Å²) in [7, 11) is 0. The van der Waals surface area contributed by atoms with Crippen LogP contribution < -0.4 is 0 Å². The van der Waals surface area contributed by atoms with Crippen molar-refractivity contribution in [1.82, 2.24) is 15.0 Å². The number of hydrogen-bond acceptors (Lipinski definition) is 4. The molecule has 0 aliphatic rings. The van der Waals surface area contributed by atoms with E-state index in [0.29, 0.717) is 5.56 Å². The van der Waals surface area contributed by atoms with Crippen LogP contribution in [0.15, 0.2) is 24.3 Å². The third-order valence-corrected chi connectivity index (χ3v) is 2.49. The number of aliphatic hydroxyl groups excluding tert-OH is 1. The molecule has 7 heteroatoms. The molecule has 0 amide bonds. The first-order valence-electron chi connectivity index (χ1n) is 5.60. The van der Waals surface area contributed by atoms with Gasteiger partial charge < -0.3 is 10.2 Å². The molecule has 0 saturated heterocycles. The fourth-order valence-corrected chi connectivity index (χ4v) is 1.73. The van der Waals surface area contributed by atoms with Crippen LogP contribution in [0.1, 0.15) is 17.4 Å². The van der Waals surface area contributed by atoms with Gasteiger partial charge in [-0.1, -0.05) is 5.21 Å². The summed E-state index contributed by atoms with van der Waals surface area (Å²) >= 11 is 0. The predicted molar refractivity (Wildman–Crippen MR) is 64.1 cm³/mol. The zero-order chi connectivity index (χ0) is 14.0. The monoisotopic (exact) mass is 265 g/mol. The van der Waals surface area contributed by atoms with E-state index >= 15 is 0 Å². The molecule has 0 spiro atoms. The van der Waals surface area contributed by atoms with Gasteiger partial charge in [0.25, 0.3) is 0 Å². The molecule has 1 aromatic carbocycles. The maximum atomic E-state index is 12.9. The molecule has 0 saturated carbocycles. The lowest BCUT2D eigenvalue weighted by atomic mass is 10.1. The van der Waals surface area contributed by atoms with Crippen molar-refractivity contribution in [2.75, 3.05) is 0 Å². The van der Waals surface area contributed by atoms with Gasteiger partial charge in [-0.2, -0.15) is 0 Å². The zero-order valence-corrected chi connectivity index (χ0v) is 10.1. The van der Waals surface area contributed by atoms with Gasteiger partial charge in [-0.25, -0.2) is 13.9 Å². The van der Waals surface area contributed by atoms with Crippen LogP contribution in [-0.2, 0) is 6.54 Å². The van der Waals surface area contributed by atoms with Crippen molar-refractivity contribution in [1.29, 1.82) is 0 Å². The van der Waals surface area contributed by atoms with Gasteiger partial charge in [-0.05, 0) is 31.2 Å². The molecule has 1 aromatic heterocycles. The number of nitrogens with zero attached hydrogens (tertiary/aromatic N) is 3. The molecular weight excluding hydrogens is 253 g/mol. The molecule has 2 N–H and O–H groups in total. The third-order valence-electron chi connectivity index (χ3n) is 2.49. The number of hydrogen-bond donors (Lipinski definition) is 2. The van der Waals surface area contributed by atoms with Gasteiger partial charge in [0, 0.05) is 5.56 Å². The van der Waals surface area contributed by atoms with Crippen molar-refractivity contribution < 1.29 is 19.4 Å². The van der Waals surface area contributed by atoms with Crippen LogP contribution in [-0.4, -0.2) is 37.3 Å². The molecule has 6 nitrogen and oxygen atoms in total. The van der Waals surface area contributed by atoms with E-state index in [1.165, 1.54) is 28.9 Å². The van der Waals surface area contributed by atoms with Gasteiger partial charge in [0.15, 0.2) is 5.69 Å². The Hall–Kier alpha value is -2.28. The van der Waals surface area contributed by atoms with E-state index in [4.69, 9.17) is 5.11 Å². The van der Waals surface area contributed by atoms with Gasteiger partial charge in [0.1, 0.15) is 11.5 Å². The van der Waals surface area contributed by atoms with Crippen LogP contribution in [0.2, 0.25) is 0 Å². The molecule has 1 heterocycles. The zero-order valence-electron chi connectivity index (χ0n) is 10.1. The van der Waals surface area contributed by atoms with Crippen molar-refractivity contribution >= 4 is 5.97 Å². The lowest BCUT2D eigenvalue weighted by Gasteiger charge is -2.08. The quantitative estimate of drug-likeness (QED) is 0.866. The summed E-state index contributed by atoms with van der Waals surface area (Å²) in [4.78, 5) is 11.1. The molecule has 0 bridgehead atoms. The maximum Gasteiger partial charge on any atom is 0.358 e. The van der Waals surface area contributed by atoms with Crippen molar-refractivity contribution in [3.8, 4) is 11.3 Å². The minimum atomic E-state index is -1.23. The van der Waals surface area contributed by atoms with Crippen LogP contribution in [0.4, 0.5) is 4.39 Å². The fraction of sp³-hybridized carbons (Fsp3) is 0.250. The first kappa shape index (κ1) is 13.2. The third kappa shape index (κ3) is 2.76. The topological polar surface area (TPSA) is 88.2 Å². The van der Waals surface area contributed by atoms with E-state index in [2.05, 4.69) is 10.3 Å². The van der Waals surface area contributed by atoms with Gasteiger partial charge >= 0.3 is 5.97 Å². The molecule has 1 atom stereocenters. The number of carboxylic acid groups (broad SMARTS) is 1. The summed E-state index contributed by atoms with van der Waals surface area (Å²) in [6.07, 6.45) is -0.706. The molecule has 0 aliphatic carbocycles. The second kappa shape index (κ2) is 5.15. The number of carbonyl (C=O) groups is 1. The number of rotatable bonds is 4. The number of aromatic carboxylic acids is 1. The highest BCUT2D eigenvalue weighted by Gasteiger charge is 2.21. The summed E-state index contributed by atoms with van der Waals surface area (Å²) in [6, 6.07) is 5.33. The number of aromatic nitrogens is 3. The van der Waals surface area contributed by atoms with Gasteiger partial charge in [0.05, 0.1) is 12.6 Å². The molecule has 19 heavy (non-hydrogen) atoms. The lowest BCUT2D eigenvalue weighted by Crippen LogP contribution is -2.14. The molecule has 2 aromatic rings. The Morgan fingerprint density at radius 1 is 1.42 bits per heavy atom. The standard InChI is InChI=1S/C12H12FN3O3/c1-7(17)6-16-11(10(12(18)19)14-15-16)8-2-4-9(13)5-3-8/h2-5,7,17H,6H2,1H3,(H,18,19). The van der Waals surface area contributed by atoms with Crippen LogP contribution in [0.25, 0.3) is 11.3 Å². The van der Waals surface area contributed by atoms with E-state index < -0.39 is 17.9 Å². The van der Waals surface area contributed by atoms with Crippen molar-refractivity contribution in [3.05, 3.63) is 35.8 Å². The van der Waals surface area contributed by atoms with Crippen LogP contribution in [0, 0.1) is 5.82 Å². The Morgan fingerprint density at radius 2 is 2.05 bits per heavy atom. The number of halogens is 1. The first-order valence-corrected chi connectivity index (χ1v) is 5.60. The van der Waals surface area contributed by atoms with Crippen molar-refractivity contribution in [2.24, 2.45) is 0 Å². The highest BCUT2D eigenvalue weighted by molar-refractivity contribution is 5.92. The molecular formula is C12H12FN3O3. The SMILES string of the molecule is CC(O)Cn1nnc(C(=O)O)c1-c1ccc(F)cc1. The number of aliphatic hydroxyl groups is 1. The fourth-order valence-electron chi connectivity index (χ4n) is 1.73. The van der Waals surface area contributed by atoms with Gasteiger partial charge in [0.2, 0.25) is 0 Å². The first-order chi connectivity index (χ1) is 8.99. The Balaban J connectivity index is 2.54. The molecule has 100 valence electrons. The van der Waals surface area contributed by atoms with Crippen LogP contribution in [0.5, 0.6) is 0 Å². The molecule has 0 aliphatic heterocycles. The summed E-state index contributed by atoms with van der Waals surface area (Å²) in [5.41, 5.74) is 0.491. The number of benzene rings is 1. The average Bonchev–Trinajstić information content (AvgIpc) is 2.73. The van der Waals surface area contributed by atoms with Crippen molar-refractivity contribution in [2.45, 2.75) is 19.6 Å².